The highest BCUT2D eigenvalue weighted by Crippen LogP contribution is 2.43. The molecule has 1 heterocycles. The van der Waals surface area contributed by atoms with E-state index < -0.39 is 23.3 Å². The van der Waals surface area contributed by atoms with Gasteiger partial charge in [-0.1, -0.05) is 12.1 Å². The van der Waals surface area contributed by atoms with Crippen molar-refractivity contribution in [2.24, 2.45) is 0 Å². The Bertz CT molecular complexity index is 712. The van der Waals surface area contributed by atoms with E-state index in [-0.39, 0.29) is 5.69 Å². The van der Waals surface area contributed by atoms with Crippen LogP contribution in [0, 0.1) is 6.92 Å². The van der Waals surface area contributed by atoms with Crippen LogP contribution in [0.15, 0.2) is 42.7 Å². The Kier molecular flexibility index (Phi) is 4.40. The van der Waals surface area contributed by atoms with Crippen LogP contribution in [0.1, 0.15) is 28.4 Å². The predicted molar refractivity (Wildman–Crippen MR) is 77.9 cm³/mol. The first-order valence-corrected chi connectivity index (χ1v) is 6.71. The Morgan fingerprint density at radius 1 is 1.09 bits per heavy atom. The fourth-order valence-corrected chi connectivity index (χ4v) is 1.91. The molecule has 3 nitrogen and oxygen atoms in total. The fraction of sp³-hybridized carbons (Fsp3) is 0.250. The fourth-order valence-electron chi connectivity index (χ4n) is 1.91. The third kappa shape index (κ3) is 3.49. The minimum Gasteiger partial charge on any atom is -0.322 e. The highest BCUT2D eigenvalue weighted by atomic mass is 19.4. The molecule has 1 amide bonds. The average molecular weight is 326 g/mol. The van der Waals surface area contributed by atoms with Crippen molar-refractivity contribution < 1.29 is 22.4 Å². The normalized spacial score (nSPS) is 14.2. The molecule has 0 aliphatic carbocycles. The van der Waals surface area contributed by atoms with Crippen LogP contribution < -0.4 is 5.32 Å². The molecule has 1 atom stereocenters. The molecule has 0 spiro atoms. The number of anilines is 1. The zero-order chi connectivity index (χ0) is 17.3. The van der Waals surface area contributed by atoms with E-state index in [1.807, 2.05) is 0 Å². The van der Waals surface area contributed by atoms with Gasteiger partial charge in [-0.25, -0.2) is 4.39 Å². The predicted octanol–water partition coefficient (Wildman–Crippen LogP) is 4.39. The summed E-state index contributed by atoms with van der Waals surface area (Å²) < 4.78 is 52.5. The first kappa shape index (κ1) is 16.9. The number of pyridine rings is 1. The molecule has 23 heavy (non-hydrogen) atoms. The Morgan fingerprint density at radius 2 is 1.70 bits per heavy atom. The number of hydrogen-bond donors (Lipinski definition) is 1. The van der Waals surface area contributed by atoms with Crippen molar-refractivity contribution in [1.29, 1.82) is 0 Å². The molecule has 0 bridgehead atoms. The van der Waals surface area contributed by atoms with Gasteiger partial charge in [-0.3, -0.25) is 9.78 Å². The summed E-state index contributed by atoms with van der Waals surface area (Å²) in [6.45, 7) is 2.06. The van der Waals surface area contributed by atoms with E-state index in [1.54, 1.807) is 6.92 Å². The molecule has 1 aromatic carbocycles. The van der Waals surface area contributed by atoms with Crippen molar-refractivity contribution in [2.75, 3.05) is 5.32 Å². The van der Waals surface area contributed by atoms with E-state index in [0.717, 1.165) is 12.1 Å². The van der Waals surface area contributed by atoms with Crippen LogP contribution in [0.2, 0.25) is 0 Å². The molecule has 2 aromatic rings. The molecule has 0 aliphatic heterocycles. The number of halogens is 4. The topological polar surface area (TPSA) is 42.0 Å². The van der Waals surface area contributed by atoms with Gasteiger partial charge in [0.2, 0.25) is 5.67 Å². The van der Waals surface area contributed by atoms with Gasteiger partial charge in [0.05, 0.1) is 0 Å². The van der Waals surface area contributed by atoms with Crippen LogP contribution in [-0.2, 0) is 5.67 Å². The minimum atomic E-state index is -5.05. The van der Waals surface area contributed by atoms with Crippen molar-refractivity contribution in [3.63, 3.8) is 0 Å². The zero-order valence-electron chi connectivity index (χ0n) is 12.4. The lowest BCUT2D eigenvalue weighted by atomic mass is 9.95. The number of nitrogens with zero attached hydrogens (tertiary/aromatic N) is 1. The second-order valence-electron chi connectivity index (χ2n) is 5.22. The van der Waals surface area contributed by atoms with Gasteiger partial charge in [-0.15, -0.1) is 0 Å². The Hall–Kier alpha value is -2.44. The van der Waals surface area contributed by atoms with Crippen LogP contribution in [0.3, 0.4) is 0 Å². The van der Waals surface area contributed by atoms with Gasteiger partial charge in [0.15, 0.2) is 0 Å². The van der Waals surface area contributed by atoms with Crippen molar-refractivity contribution in [1.82, 2.24) is 4.98 Å². The van der Waals surface area contributed by atoms with E-state index in [1.165, 1.54) is 30.6 Å². The van der Waals surface area contributed by atoms with E-state index >= 15 is 0 Å². The summed E-state index contributed by atoms with van der Waals surface area (Å²) in [4.78, 5) is 15.8. The number of aromatic nitrogens is 1. The number of amides is 1. The molecule has 0 radical (unpaired) electrons. The first-order chi connectivity index (χ1) is 10.6. The maximum absolute atomic E-state index is 14.1. The molecule has 122 valence electrons. The Labute approximate surface area is 130 Å². The van der Waals surface area contributed by atoms with Crippen LogP contribution in [0.25, 0.3) is 0 Å². The number of rotatable bonds is 3. The molecule has 0 fully saturated rings. The molecule has 1 N–H and O–H groups in total. The monoisotopic (exact) mass is 326 g/mol. The second kappa shape index (κ2) is 5.98. The molecular weight excluding hydrogens is 312 g/mol. The maximum Gasteiger partial charge on any atom is 0.426 e. The van der Waals surface area contributed by atoms with E-state index in [9.17, 15) is 22.4 Å². The van der Waals surface area contributed by atoms with Crippen LogP contribution in [-0.4, -0.2) is 17.1 Å². The molecule has 0 aliphatic rings. The Morgan fingerprint density at radius 3 is 2.26 bits per heavy atom. The van der Waals surface area contributed by atoms with Gasteiger partial charge in [-0.05, 0) is 37.6 Å². The zero-order valence-corrected chi connectivity index (χ0v) is 12.4. The minimum absolute atomic E-state index is 0.123. The van der Waals surface area contributed by atoms with Gasteiger partial charge < -0.3 is 5.32 Å². The van der Waals surface area contributed by atoms with Crippen molar-refractivity contribution in [2.45, 2.75) is 25.7 Å². The molecular formula is C16H14F4N2O. The van der Waals surface area contributed by atoms with E-state index in [0.29, 0.717) is 18.1 Å². The molecule has 2 rings (SSSR count). The highest BCUT2D eigenvalue weighted by molar-refractivity contribution is 6.04. The number of hydrogen-bond acceptors (Lipinski definition) is 2. The van der Waals surface area contributed by atoms with Gasteiger partial charge in [0.1, 0.15) is 0 Å². The largest absolute Gasteiger partial charge is 0.426 e. The lowest BCUT2D eigenvalue weighted by Crippen LogP contribution is -2.35. The third-order valence-corrected chi connectivity index (χ3v) is 3.50. The van der Waals surface area contributed by atoms with Gasteiger partial charge in [0, 0.05) is 29.2 Å². The summed E-state index contributed by atoms with van der Waals surface area (Å²) in [6.07, 6.45) is -2.21. The maximum atomic E-state index is 14.1. The lowest BCUT2D eigenvalue weighted by molar-refractivity contribution is -0.228. The van der Waals surface area contributed by atoms with Gasteiger partial charge in [-0.2, -0.15) is 13.2 Å². The van der Waals surface area contributed by atoms with E-state index in [4.69, 9.17) is 0 Å². The van der Waals surface area contributed by atoms with E-state index in [2.05, 4.69) is 10.3 Å². The number of aryl methyl sites for hydroxylation is 1. The lowest BCUT2D eigenvalue weighted by Gasteiger charge is -2.25. The summed E-state index contributed by atoms with van der Waals surface area (Å²) in [7, 11) is 0. The SMILES string of the molecule is Cc1ccc(C(C)(F)C(F)(F)F)cc1NC(=O)c1ccncc1. The quantitative estimate of drug-likeness (QED) is 0.850. The van der Waals surface area contributed by atoms with Crippen molar-refractivity contribution >= 4 is 11.6 Å². The molecule has 7 heteroatoms. The summed E-state index contributed by atoms with van der Waals surface area (Å²) in [5, 5.41) is 2.49. The number of nitrogens with one attached hydrogen (secondary N) is 1. The molecule has 1 unspecified atom stereocenters. The van der Waals surface area contributed by atoms with Gasteiger partial charge >= 0.3 is 6.18 Å². The summed E-state index contributed by atoms with van der Waals surface area (Å²) in [6, 6.07) is 6.32. The summed E-state index contributed by atoms with van der Waals surface area (Å²) >= 11 is 0. The number of carbonyl (C=O) groups is 1. The number of alkyl halides is 4. The van der Waals surface area contributed by atoms with Crippen LogP contribution in [0.4, 0.5) is 23.2 Å². The average Bonchev–Trinajstić information content (AvgIpc) is 2.49. The number of carbonyl (C=O) groups excluding carboxylic acids is 1. The van der Waals surface area contributed by atoms with Gasteiger partial charge in [0.25, 0.3) is 5.91 Å². The second-order valence-corrected chi connectivity index (χ2v) is 5.22. The Balaban J connectivity index is 2.34. The van der Waals surface area contributed by atoms with Crippen LogP contribution >= 0.6 is 0 Å². The molecule has 0 saturated heterocycles. The summed E-state index contributed by atoms with van der Waals surface area (Å²) in [5.74, 6) is -0.514. The summed E-state index contributed by atoms with van der Waals surface area (Å²) in [5.41, 5.74) is -3.13. The van der Waals surface area contributed by atoms with Crippen molar-refractivity contribution in [3.05, 3.63) is 59.4 Å². The molecule has 0 saturated carbocycles. The van der Waals surface area contributed by atoms with Crippen LogP contribution in [0.5, 0.6) is 0 Å². The third-order valence-electron chi connectivity index (χ3n) is 3.50. The smallest absolute Gasteiger partial charge is 0.322 e. The highest BCUT2D eigenvalue weighted by Gasteiger charge is 2.53. The number of benzene rings is 1. The first-order valence-electron chi connectivity index (χ1n) is 6.71. The van der Waals surface area contributed by atoms with Crippen molar-refractivity contribution in [3.8, 4) is 0 Å². The standard InChI is InChI=1S/C16H14F4N2O/c1-10-3-4-12(15(2,17)16(18,19)20)9-13(10)22-14(23)11-5-7-21-8-6-11/h3-9H,1-2H3,(H,22,23). The molecule has 1 aromatic heterocycles.